The number of nitrogens with one attached hydrogen (secondary N) is 2. The summed E-state index contributed by atoms with van der Waals surface area (Å²) in [5.74, 6) is 1.45. The molecule has 0 bridgehead atoms. The van der Waals surface area contributed by atoms with Crippen molar-refractivity contribution in [2.75, 3.05) is 16.8 Å². The Bertz CT molecular complexity index is 1010. The molecule has 3 aromatic rings. The van der Waals surface area contributed by atoms with Gasteiger partial charge >= 0.3 is 0 Å². The summed E-state index contributed by atoms with van der Waals surface area (Å²) < 4.78 is 0. The van der Waals surface area contributed by atoms with Gasteiger partial charge in [-0.1, -0.05) is 54.6 Å². The molecule has 0 unspecified atom stereocenters. The van der Waals surface area contributed by atoms with Crippen LogP contribution in [0.5, 0.6) is 0 Å². The number of aryl methyl sites for hydroxylation is 1. The van der Waals surface area contributed by atoms with Gasteiger partial charge in [0.2, 0.25) is 5.95 Å². The van der Waals surface area contributed by atoms with E-state index >= 15 is 0 Å². The van der Waals surface area contributed by atoms with E-state index in [0.29, 0.717) is 11.1 Å². The zero-order valence-corrected chi connectivity index (χ0v) is 17.5. The van der Waals surface area contributed by atoms with Gasteiger partial charge in [-0.2, -0.15) is 4.98 Å². The molecular formula is C23H25N5S. The molecule has 1 aromatic heterocycles. The Morgan fingerprint density at radius 3 is 2.55 bits per heavy atom. The van der Waals surface area contributed by atoms with E-state index < -0.39 is 0 Å². The maximum absolute atomic E-state index is 5.49. The zero-order chi connectivity index (χ0) is 20.2. The maximum atomic E-state index is 5.49. The van der Waals surface area contributed by atoms with Crippen molar-refractivity contribution in [2.24, 2.45) is 0 Å². The lowest BCUT2D eigenvalue weighted by Gasteiger charge is -2.30. The molecule has 2 aromatic carbocycles. The summed E-state index contributed by atoms with van der Waals surface area (Å²) in [5, 5.41) is 6.97. The molecule has 6 heteroatoms. The van der Waals surface area contributed by atoms with Crippen molar-refractivity contribution in [3.05, 3.63) is 83.0 Å². The highest BCUT2D eigenvalue weighted by Crippen LogP contribution is 2.24. The van der Waals surface area contributed by atoms with Crippen LogP contribution in [-0.4, -0.2) is 21.6 Å². The Balaban J connectivity index is 1.45. The summed E-state index contributed by atoms with van der Waals surface area (Å²) >= 11 is 5.49. The Morgan fingerprint density at radius 2 is 1.76 bits per heavy atom. The highest BCUT2D eigenvalue weighted by atomic mass is 32.1. The first-order chi connectivity index (χ1) is 14.1. The first-order valence-electron chi connectivity index (χ1n) is 9.88. The number of nitrogens with zero attached hydrogens (tertiary/aromatic N) is 3. The first-order valence-corrected chi connectivity index (χ1v) is 10.3. The quantitative estimate of drug-likeness (QED) is 0.630. The van der Waals surface area contributed by atoms with Crippen molar-refractivity contribution in [3.8, 4) is 0 Å². The fourth-order valence-corrected chi connectivity index (χ4v) is 3.89. The largest absolute Gasteiger partial charge is 0.356 e. The summed E-state index contributed by atoms with van der Waals surface area (Å²) in [4.78, 5) is 11.5. The van der Waals surface area contributed by atoms with E-state index in [-0.39, 0.29) is 6.04 Å². The minimum Gasteiger partial charge on any atom is -0.356 e. The van der Waals surface area contributed by atoms with Crippen LogP contribution in [0.15, 0.2) is 60.7 Å². The molecule has 4 rings (SSSR count). The minimum atomic E-state index is 0.0964. The average Bonchev–Trinajstić information content (AvgIpc) is 2.73. The van der Waals surface area contributed by atoms with Crippen LogP contribution in [0.1, 0.15) is 35.3 Å². The molecule has 0 fully saturated rings. The van der Waals surface area contributed by atoms with E-state index in [4.69, 9.17) is 17.2 Å². The van der Waals surface area contributed by atoms with Crippen LogP contribution in [0, 0.1) is 6.92 Å². The van der Waals surface area contributed by atoms with Gasteiger partial charge < -0.3 is 15.5 Å². The second kappa shape index (κ2) is 8.57. The third kappa shape index (κ3) is 4.71. The maximum Gasteiger partial charge on any atom is 0.231 e. The zero-order valence-electron chi connectivity index (χ0n) is 16.7. The fraction of sp³-hybridized carbons (Fsp3) is 0.261. The van der Waals surface area contributed by atoms with E-state index in [1.165, 1.54) is 16.7 Å². The van der Waals surface area contributed by atoms with Crippen molar-refractivity contribution in [2.45, 2.75) is 32.9 Å². The molecule has 0 radical (unpaired) electrons. The number of fused-ring (bicyclic) bond motifs is 1. The molecule has 148 valence electrons. The van der Waals surface area contributed by atoms with Crippen LogP contribution in [0.3, 0.4) is 0 Å². The van der Waals surface area contributed by atoms with Crippen molar-refractivity contribution < 1.29 is 0 Å². The predicted octanol–water partition coefficient (Wildman–Crippen LogP) is 4.40. The van der Waals surface area contributed by atoms with Crippen LogP contribution >= 0.6 is 12.2 Å². The van der Waals surface area contributed by atoms with E-state index in [2.05, 4.69) is 63.8 Å². The fourth-order valence-electron chi connectivity index (χ4n) is 3.62. The number of hydrogen-bond donors (Lipinski definition) is 2. The number of thiocarbonyl (C=S) groups is 1. The standard InChI is InChI=1S/C23H25N5S/c1-16-14-21(28-13-12-19-10-6-7-11-20(19)15-28)26-22(24-16)27-23(29)25-17(2)18-8-4-3-5-9-18/h3-11,14,17H,12-13,15H2,1-2H3,(H2,24,25,26,27,29)/t17-/m0/s1. The van der Waals surface area contributed by atoms with Gasteiger partial charge in [0.1, 0.15) is 5.82 Å². The van der Waals surface area contributed by atoms with Crippen LogP contribution in [0.25, 0.3) is 0 Å². The van der Waals surface area contributed by atoms with Gasteiger partial charge in [-0.15, -0.1) is 0 Å². The Hall–Kier alpha value is -2.99. The monoisotopic (exact) mass is 403 g/mol. The molecule has 5 nitrogen and oxygen atoms in total. The lowest BCUT2D eigenvalue weighted by Crippen LogP contribution is -2.33. The molecule has 2 heterocycles. The van der Waals surface area contributed by atoms with Gasteiger partial charge in [0.25, 0.3) is 0 Å². The third-order valence-electron chi connectivity index (χ3n) is 5.17. The van der Waals surface area contributed by atoms with Gasteiger partial charge in [0.15, 0.2) is 5.11 Å². The normalized spacial score (nSPS) is 14.1. The molecule has 29 heavy (non-hydrogen) atoms. The minimum absolute atomic E-state index is 0.0964. The topological polar surface area (TPSA) is 53.1 Å². The molecule has 2 N–H and O–H groups in total. The summed E-state index contributed by atoms with van der Waals surface area (Å²) in [6.45, 7) is 5.87. The molecule has 0 aliphatic carbocycles. The molecule has 1 aliphatic heterocycles. The Morgan fingerprint density at radius 1 is 1.03 bits per heavy atom. The van der Waals surface area contributed by atoms with Crippen molar-refractivity contribution in [1.29, 1.82) is 0 Å². The molecule has 1 aliphatic rings. The third-order valence-corrected chi connectivity index (χ3v) is 5.39. The van der Waals surface area contributed by atoms with E-state index in [9.17, 15) is 0 Å². The summed E-state index contributed by atoms with van der Waals surface area (Å²) in [5.41, 5.74) is 4.87. The molecule has 0 saturated carbocycles. The number of anilines is 2. The number of hydrogen-bond acceptors (Lipinski definition) is 4. The SMILES string of the molecule is Cc1cc(N2CCc3ccccc3C2)nc(NC(=S)N[C@@H](C)c2ccccc2)n1. The number of rotatable bonds is 4. The summed E-state index contributed by atoms with van der Waals surface area (Å²) in [7, 11) is 0. The molecule has 0 amide bonds. The van der Waals surface area contributed by atoms with Crippen LogP contribution in [-0.2, 0) is 13.0 Å². The first kappa shape index (κ1) is 19.3. The van der Waals surface area contributed by atoms with Gasteiger partial charge in [-0.3, -0.25) is 0 Å². The van der Waals surface area contributed by atoms with Crippen molar-refractivity contribution in [1.82, 2.24) is 15.3 Å². The average molecular weight is 404 g/mol. The predicted molar refractivity (Wildman–Crippen MR) is 122 cm³/mol. The van der Waals surface area contributed by atoms with E-state index in [1.54, 1.807) is 0 Å². The molecule has 0 spiro atoms. The van der Waals surface area contributed by atoms with Gasteiger partial charge in [0, 0.05) is 24.8 Å². The molecule has 0 saturated heterocycles. The van der Waals surface area contributed by atoms with Crippen molar-refractivity contribution in [3.63, 3.8) is 0 Å². The molecular weight excluding hydrogens is 378 g/mol. The summed E-state index contributed by atoms with van der Waals surface area (Å²) in [6.07, 6.45) is 1.02. The number of aromatic nitrogens is 2. The van der Waals surface area contributed by atoms with Crippen LogP contribution in [0.4, 0.5) is 11.8 Å². The number of benzene rings is 2. The smallest absolute Gasteiger partial charge is 0.231 e. The summed E-state index contributed by atoms with van der Waals surface area (Å²) in [6, 6.07) is 20.9. The second-order valence-electron chi connectivity index (χ2n) is 7.36. The second-order valence-corrected chi connectivity index (χ2v) is 7.77. The van der Waals surface area contributed by atoms with E-state index in [0.717, 1.165) is 31.0 Å². The van der Waals surface area contributed by atoms with Crippen LogP contribution < -0.4 is 15.5 Å². The van der Waals surface area contributed by atoms with E-state index in [1.807, 2.05) is 31.2 Å². The van der Waals surface area contributed by atoms with Crippen molar-refractivity contribution >= 4 is 29.1 Å². The molecule has 1 atom stereocenters. The lowest BCUT2D eigenvalue weighted by molar-refractivity contribution is 0.716. The van der Waals surface area contributed by atoms with Gasteiger partial charge in [-0.25, -0.2) is 4.98 Å². The lowest BCUT2D eigenvalue weighted by atomic mass is 10.00. The Kier molecular flexibility index (Phi) is 5.71. The highest BCUT2D eigenvalue weighted by Gasteiger charge is 2.18. The highest BCUT2D eigenvalue weighted by molar-refractivity contribution is 7.80. The van der Waals surface area contributed by atoms with Gasteiger partial charge in [-0.05, 0) is 49.2 Å². The van der Waals surface area contributed by atoms with Crippen LogP contribution in [0.2, 0.25) is 0 Å². The van der Waals surface area contributed by atoms with Gasteiger partial charge in [0.05, 0.1) is 6.04 Å². The Labute approximate surface area is 177 Å².